The van der Waals surface area contributed by atoms with Crippen LogP contribution in [0.25, 0.3) is 0 Å². The first-order valence-electron chi connectivity index (χ1n) is 12.2. The van der Waals surface area contributed by atoms with E-state index >= 15 is 0 Å². The molecule has 1 fully saturated rings. The van der Waals surface area contributed by atoms with Gasteiger partial charge in [-0.3, -0.25) is 5.43 Å². The summed E-state index contributed by atoms with van der Waals surface area (Å²) in [5.74, 6) is 1.56. The van der Waals surface area contributed by atoms with E-state index in [2.05, 4.69) is 22.8 Å². The number of thiocarbonyl (C=S) groups is 1. The lowest BCUT2D eigenvalue weighted by Gasteiger charge is -2.23. The van der Waals surface area contributed by atoms with Gasteiger partial charge in [0, 0.05) is 6.04 Å². The van der Waals surface area contributed by atoms with E-state index < -0.39 is 0 Å². The van der Waals surface area contributed by atoms with Crippen molar-refractivity contribution in [1.29, 1.82) is 0 Å². The van der Waals surface area contributed by atoms with E-state index in [4.69, 9.17) is 21.7 Å². The van der Waals surface area contributed by atoms with Crippen molar-refractivity contribution in [2.45, 2.75) is 96.9 Å². The molecule has 1 aliphatic rings. The molecule has 0 bridgehead atoms. The molecule has 0 unspecified atom stereocenters. The molecule has 174 valence electrons. The number of hydrazone groups is 1. The monoisotopic (exact) mass is 447 g/mol. The molecule has 2 rings (SSSR count). The maximum absolute atomic E-state index is 5.98. The van der Waals surface area contributed by atoms with Gasteiger partial charge in [0.25, 0.3) is 0 Å². The van der Waals surface area contributed by atoms with E-state index in [9.17, 15) is 0 Å². The predicted octanol–water partition coefficient (Wildman–Crippen LogP) is 6.35. The fraction of sp³-hybridized carbons (Fsp3) is 0.680. The van der Waals surface area contributed by atoms with E-state index in [1.807, 2.05) is 25.1 Å². The van der Waals surface area contributed by atoms with Gasteiger partial charge in [0.1, 0.15) is 0 Å². The standard InChI is InChI=1S/C25H41N3O2S/c1-3-5-6-7-8-9-13-18-30-23-17-16-21(19-24(23)29-4-2)20-26-28-25(31)27-22-14-11-10-12-15-22/h16-17,19-20,22H,3-15,18H2,1-2H3,(H2,27,28,31)/b26-20-. The van der Waals surface area contributed by atoms with E-state index in [0.717, 1.165) is 30.1 Å². The van der Waals surface area contributed by atoms with Gasteiger partial charge < -0.3 is 14.8 Å². The van der Waals surface area contributed by atoms with Crippen molar-refractivity contribution in [3.8, 4) is 11.5 Å². The Morgan fingerprint density at radius 3 is 2.48 bits per heavy atom. The van der Waals surface area contributed by atoms with Crippen LogP contribution in [0.1, 0.15) is 96.5 Å². The number of hydrogen-bond acceptors (Lipinski definition) is 4. The zero-order valence-electron chi connectivity index (χ0n) is 19.5. The molecular weight excluding hydrogens is 406 g/mol. The minimum absolute atomic E-state index is 0.473. The highest BCUT2D eigenvalue weighted by atomic mass is 32.1. The molecule has 0 aliphatic heterocycles. The Morgan fingerprint density at radius 1 is 1.00 bits per heavy atom. The molecule has 0 spiro atoms. The molecule has 5 nitrogen and oxygen atoms in total. The third-order valence-corrected chi connectivity index (χ3v) is 5.80. The van der Waals surface area contributed by atoms with Gasteiger partial charge in [-0.1, -0.05) is 64.7 Å². The number of hydrogen-bond donors (Lipinski definition) is 2. The highest BCUT2D eigenvalue weighted by Gasteiger charge is 2.13. The summed E-state index contributed by atoms with van der Waals surface area (Å²) in [4.78, 5) is 0. The maximum atomic E-state index is 5.98. The summed E-state index contributed by atoms with van der Waals surface area (Å²) >= 11 is 5.36. The normalized spacial score (nSPS) is 14.5. The average Bonchev–Trinajstić information content (AvgIpc) is 2.77. The molecular formula is C25H41N3O2S. The summed E-state index contributed by atoms with van der Waals surface area (Å²) < 4.78 is 11.8. The Bertz CT molecular complexity index is 660. The minimum atomic E-state index is 0.473. The second kappa shape index (κ2) is 15.9. The zero-order chi connectivity index (χ0) is 22.2. The van der Waals surface area contributed by atoms with Crippen molar-refractivity contribution < 1.29 is 9.47 Å². The Morgan fingerprint density at radius 2 is 1.74 bits per heavy atom. The Hall–Kier alpha value is -1.82. The lowest BCUT2D eigenvalue weighted by Crippen LogP contribution is -2.40. The van der Waals surface area contributed by atoms with E-state index in [0.29, 0.717) is 17.8 Å². The molecule has 0 amide bonds. The van der Waals surface area contributed by atoms with Gasteiger partial charge in [0.15, 0.2) is 16.6 Å². The van der Waals surface area contributed by atoms with Crippen LogP contribution in [0.3, 0.4) is 0 Å². The van der Waals surface area contributed by atoms with Crippen molar-refractivity contribution >= 4 is 23.5 Å². The molecule has 0 aromatic heterocycles. The molecule has 0 atom stereocenters. The number of nitrogens with one attached hydrogen (secondary N) is 2. The van der Waals surface area contributed by atoms with Gasteiger partial charge in [0.05, 0.1) is 19.4 Å². The highest BCUT2D eigenvalue weighted by molar-refractivity contribution is 7.80. The fourth-order valence-electron chi connectivity index (χ4n) is 3.86. The van der Waals surface area contributed by atoms with Crippen LogP contribution in [-0.2, 0) is 0 Å². The van der Waals surface area contributed by atoms with E-state index in [1.54, 1.807) is 6.21 Å². The summed E-state index contributed by atoms with van der Waals surface area (Å²) in [6.45, 7) is 5.56. The molecule has 31 heavy (non-hydrogen) atoms. The SMILES string of the molecule is CCCCCCCCCOc1ccc(/C=N\NC(=S)NC2CCCCC2)cc1OCC. The van der Waals surface area contributed by atoms with Crippen LogP contribution in [0.2, 0.25) is 0 Å². The minimum Gasteiger partial charge on any atom is -0.490 e. The van der Waals surface area contributed by atoms with Crippen LogP contribution in [-0.4, -0.2) is 30.6 Å². The van der Waals surface area contributed by atoms with Gasteiger partial charge in [-0.2, -0.15) is 5.10 Å². The van der Waals surface area contributed by atoms with Gasteiger partial charge in [-0.15, -0.1) is 0 Å². The second-order valence-corrected chi connectivity index (χ2v) is 8.70. The molecule has 2 N–H and O–H groups in total. The number of rotatable bonds is 14. The van der Waals surface area contributed by atoms with Crippen molar-refractivity contribution in [3.63, 3.8) is 0 Å². The third kappa shape index (κ3) is 10.9. The van der Waals surface area contributed by atoms with Gasteiger partial charge >= 0.3 is 0 Å². The van der Waals surface area contributed by atoms with Crippen LogP contribution in [0.15, 0.2) is 23.3 Å². The van der Waals surface area contributed by atoms with Crippen molar-refractivity contribution in [1.82, 2.24) is 10.7 Å². The summed E-state index contributed by atoms with van der Waals surface area (Å²) in [6, 6.07) is 6.39. The average molecular weight is 448 g/mol. The molecule has 0 radical (unpaired) electrons. The third-order valence-electron chi connectivity index (χ3n) is 5.59. The molecule has 6 heteroatoms. The predicted molar refractivity (Wildman–Crippen MR) is 134 cm³/mol. The van der Waals surface area contributed by atoms with Gasteiger partial charge in [0.2, 0.25) is 0 Å². The molecule has 1 saturated carbocycles. The lowest BCUT2D eigenvalue weighted by molar-refractivity contribution is 0.270. The zero-order valence-corrected chi connectivity index (χ0v) is 20.3. The molecule has 1 aromatic carbocycles. The smallest absolute Gasteiger partial charge is 0.187 e. The summed E-state index contributed by atoms with van der Waals surface area (Å²) in [5, 5.41) is 8.22. The van der Waals surface area contributed by atoms with E-state index in [1.165, 1.54) is 70.6 Å². The van der Waals surface area contributed by atoms with Crippen LogP contribution >= 0.6 is 12.2 Å². The molecule has 1 aromatic rings. The number of nitrogens with zero attached hydrogens (tertiary/aromatic N) is 1. The quantitative estimate of drug-likeness (QED) is 0.151. The van der Waals surface area contributed by atoms with Crippen LogP contribution in [0.5, 0.6) is 11.5 Å². The molecule has 1 aliphatic carbocycles. The topological polar surface area (TPSA) is 54.9 Å². The highest BCUT2D eigenvalue weighted by Crippen LogP contribution is 2.28. The Kier molecular flexibility index (Phi) is 13.1. The van der Waals surface area contributed by atoms with Crippen LogP contribution in [0, 0.1) is 0 Å². The second-order valence-electron chi connectivity index (χ2n) is 8.29. The largest absolute Gasteiger partial charge is 0.490 e. The van der Waals surface area contributed by atoms with Crippen LogP contribution in [0.4, 0.5) is 0 Å². The first kappa shape index (κ1) is 25.4. The van der Waals surface area contributed by atoms with E-state index in [-0.39, 0.29) is 0 Å². The first-order valence-corrected chi connectivity index (χ1v) is 12.6. The first-order chi connectivity index (χ1) is 15.2. The van der Waals surface area contributed by atoms with Gasteiger partial charge in [-0.25, -0.2) is 0 Å². The summed E-state index contributed by atoms with van der Waals surface area (Å²) in [6.07, 6.45) is 16.9. The molecule has 0 saturated heterocycles. The number of ether oxygens (including phenoxy) is 2. The summed E-state index contributed by atoms with van der Waals surface area (Å²) in [7, 11) is 0. The van der Waals surface area contributed by atoms with Gasteiger partial charge in [-0.05, 0) is 62.2 Å². The van der Waals surface area contributed by atoms with Crippen molar-refractivity contribution in [2.75, 3.05) is 13.2 Å². The fourth-order valence-corrected chi connectivity index (χ4v) is 4.08. The summed E-state index contributed by atoms with van der Waals surface area (Å²) in [5.41, 5.74) is 3.87. The number of benzene rings is 1. The molecule has 0 heterocycles. The number of unbranched alkanes of at least 4 members (excludes halogenated alkanes) is 6. The Labute approximate surface area is 194 Å². The van der Waals surface area contributed by atoms with Crippen LogP contribution < -0.4 is 20.2 Å². The van der Waals surface area contributed by atoms with Crippen molar-refractivity contribution in [3.05, 3.63) is 23.8 Å². The Balaban J connectivity index is 1.75. The maximum Gasteiger partial charge on any atom is 0.187 e. The lowest BCUT2D eigenvalue weighted by atomic mass is 9.96. The van der Waals surface area contributed by atoms with Crippen molar-refractivity contribution in [2.24, 2.45) is 5.10 Å².